The number of aliphatic imine (C=N–C) groups is 2. The van der Waals surface area contributed by atoms with Crippen LogP contribution in [0, 0.1) is 28.6 Å². The molecule has 2 aromatic rings. The second-order valence-electron chi connectivity index (χ2n) is 7.67. The molecule has 0 spiro atoms. The molecule has 1 aromatic carbocycles. The number of hydrogen-bond donors (Lipinski definition) is 1. The third-order valence-electron chi connectivity index (χ3n) is 5.38. The number of carbonyl (C=O) groups is 2. The number of carbonyl (C=O) groups excluding carboxylic acids is 2. The molecule has 0 saturated carbocycles. The lowest BCUT2D eigenvalue weighted by Gasteiger charge is -2.21. The highest BCUT2D eigenvalue weighted by atomic mass is 32.2. The molecule has 9 nitrogen and oxygen atoms in total. The molecule has 1 atom stereocenters. The van der Waals surface area contributed by atoms with E-state index < -0.39 is 11.8 Å². The number of anilines is 1. The first-order valence-electron chi connectivity index (χ1n) is 10.3. The van der Waals surface area contributed by atoms with Crippen molar-refractivity contribution in [3.63, 3.8) is 0 Å². The quantitative estimate of drug-likeness (QED) is 0.679. The molecule has 11 heteroatoms. The van der Waals surface area contributed by atoms with Gasteiger partial charge in [-0.2, -0.15) is 15.5 Å². The van der Waals surface area contributed by atoms with Gasteiger partial charge in [0.1, 0.15) is 16.8 Å². The van der Waals surface area contributed by atoms with Gasteiger partial charge >= 0.3 is 0 Å². The van der Waals surface area contributed by atoms with E-state index in [2.05, 4.69) is 26.3 Å². The van der Waals surface area contributed by atoms with Crippen molar-refractivity contribution in [1.29, 1.82) is 10.5 Å². The zero-order chi connectivity index (χ0) is 24.2. The molecule has 4 rings (SSSR count). The van der Waals surface area contributed by atoms with E-state index in [9.17, 15) is 20.1 Å². The summed E-state index contributed by atoms with van der Waals surface area (Å²) < 4.78 is 5.22. The van der Waals surface area contributed by atoms with Crippen LogP contribution < -0.4 is 10.1 Å². The first kappa shape index (κ1) is 23.6. The number of hydrogen-bond acceptors (Lipinski definition) is 9. The topological polar surface area (TPSA) is 131 Å². The van der Waals surface area contributed by atoms with Crippen molar-refractivity contribution < 1.29 is 14.3 Å². The summed E-state index contributed by atoms with van der Waals surface area (Å²) in [5, 5.41) is 22.5. The highest BCUT2D eigenvalue weighted by Crippen LogP contribution is 2.36. The smallest absolute Gasteiger partial charge is 0.271 e. The van der Waals surface area contributed by atoms with Crippen molar-refractivity contribution in [2.24, 2.45) is 15.9 Å². The minimum absolute atomic E-state index is 0.0500. The molecule has 0 aliphatic carbocycles. The molecule has 1 N–H and O–H groups in total. The summed E-state index contributed by atoms with van der Waals surface area (Å²) in [5.74, 6) is -1.56. The van der Waals surface area contributed by atoms with Gasteiger partial charge < -0.3 is 15.0 Å². The van der Waals surface area contributed by atoms with Crippen LogP contribution in [-0.4, -0.2) is 54.0 Å². The summed E-state index contributed by atoms with van der Waals surface area (Å²) in [5.41, 5.74) is 2.37. The first-order chi connectivity index (χ1) is 16.4. The maximum Gasteiger partial charge on any atom is 0.271 e. The molecule has 3 heterocycles. The Kier molecular flexibility index (Phi) is 7.08. The number of thioether (sulfide) groups is 1. The summed E-state index contributed by atoms with van der Waals surface area (Å²) in [6.07, 6.45) is 0.774. The largest absolute Gasteiger partial charge is 0.497 e. The number of thiophene rings is 1. The summed E-state index contributed by atoms with van der Waals surface area (Å²) in [4.78, 5) is 36.6. The van der Waals surface area contributed by atoms with Gasteiger partial charge in [0.15, 0.2) is 11.1 Å². The molecule has 34 heavy (non-hydrogen) atoms. The average Bonchev–Trinajstić information content (AvgIpc) is 3.18. The second-order valence-corrected chi connectivity index (χ2v) is 9.72. The standard InChI is InChI=1S/C23H20N6O3S2/c1-29-7-6-15-16(9-24)22(34-18(15)11-29)26-19(30)12-33-23-27-20(17(10-25)21(31)28-23)13-4-3-5-14(8-13)32-2/h3-5,8,17H,6-7,11-12H2,1-2H3,(H,26,30). The Morgan fingerprint density at radius 3 is 2.94 bits per heavy atom. The van der Waals surface area contributed by atoms with Crippen molar-refractivity contribution in [1.82, 2.24) is 4.90 Å². The van der Waals surface area contributed by atoms with Crippen LogP contribution in [0.4, 0.5) is 5.00 Å². The number of nitrogens with zero attached hydrogens (tertiary/aromatic N) is 5. The number of nitrogens with one attached hydrogen (secondary N) is 1. The molecule has 1 aromatic heterocycles. The lowest BCUT2D eigenvalue weighted by Crippen LogP contribution is -2.28. The fraction of sp³-hybridized carbons (Fsp3) is 0.304. The Bertz CT molecular complexity index is 1300. The summed E-state index contributed by atoms with van der Waals surface area (Å²) in [7, 11) is 3.54. The van der Waals surface area contributed by atoms with Crippen LogP contribution in [-0.2, 0) is 22.6 Å². The van der Waals surface area contributed by atoms with E-state index in [1.807, 2.05) is 13.1 Å². The van der Waals surface area contributed by atoms with E-state index in [-0.39, 0.29) is 22.5 Å². The highest BCUT2D eigenvalue weighted by Gasteiger charge is 2.31. The fourth-order valence-corrected chi connectivity index (χ4v) is 5.64. The lowest BCUT2D eigenvalue weighted by atomic mass is 9.96. The number of benzene rings is 1. The van der Waals surface area contributed by atoms with Gasteiger partial charge in [0.2, 0.25) is 5.91 Å². The number of rotatable bonds is 5. The van der Waals surface area contributed by atoms with Gasteiger partial charge in [-0.05, 0) is 31.2 Å². The third kappa shape index (κ3) is 4.87. The van der Waals surface area contributed by atoms with Crippen LogP contribution in [0.5, 0.6) is 5.75 Å². The molecular formula is C23H20N6O3S2. The normalized spacial score (nSPS) is 17.6. The molecule has 0 fully saturated rings. The summed E-state index contributed by atoms with van der Waals surface area (Å²) in [6, 6.07) is 11.1. The number of amides is 2. The van der Waals surface area contributed by atoms with Gasteiger partial charge in [-0.1, -0.05) is 23.9 Å². The zero-order valence-electron chi connectivity index (χ0n) is 18.5. The minimum Gasteiger partial charge on any atom is -0.497 e. The van der Waals surface area contributed by atoms with Crippen molar-refractivity contribution >= 4 is 50.8 Å². The van der Waals surface area contributed by atoms with Crippen LogP contribution in [0.2, 0.25) is 0 Å². The molecule has 1 unspecified atom stereocenters. The number of nitriles is 2. The van der Waals surface area contributed by atoms with Crippen molar-refractivity contribution in [2.75, 3.05) is 31.8 Å². The van der Waals surface area contributed by atoms with Crippen LogP contribution >= 0.6 is 23.1 Å². The van der Waals surface area contributed by atoms with E-state index in [1.54, 1.807) is 24.3 Å². The molecule has 2 amide bonds. The van der Waals surface area contributed by atoms with Gasteiger partial charge in [-0.15, -0.1) is 11.3 Å². The van der Waals surface area contributed by atoms with Gasteiger partial charge in [0, 0.05) is 23.5 Å². The number of likely N-dealkylation sites (N-methyl/N-ethyl adjacent to an activating group) is 1. The minimum atomic E-state index is -1.13. The zero-order valence-corrected chi connectivity index (χ0v) is 20.1. The lowest BCUT2D eigenvalue weighted by molar-refractivity contribution is -0.118. The van der Waals surface area contributed by atoms with E-state index in [1.165, 1.54) is 18.4 Å². The summed E-state index contributed by atoms with van der Waals surface area (Å²) >= 11 is 2.42. The Balaban J connectivity index is 1.48. The Hall–Kier alpha value is -3.51. The molecule has 0 saturated heterocycles. The van der Waals surface area contributed by atoms with Gasteiger partial charge in [-0.3, -0.25) is 9.59 Å². The number of ether oxygens (including phenoxy) is 1. The average molecular weight is 493 g/mol. The van der Waals surface area contributed by atoms with Crippen LogP contribution in [0.3, 0.4) is 0 Å². The van der Waals surface area contributed by atoms with Crippen LogP contribution in [0.25, 0.3) is 0 Å². The predicted octanol–water partition coefficient (Wildman–Crippen LogP) is 2.81. The summed E-state index contributed by atoms with van der Waals surface area (Å²) in [6.45, 7) is 1.62. The van der Waals surface area contributed by atoms with Crippen LogP contribution in [0.1, 0.15) is 21.6 Å². The second kappa shape index (κ2) is 10.2. The van der Waals surface area contributed by atoms with E-state index >= 15 is 0 Å². The SMILES string of the molecule is COc1cccc(C2=NC(SCC(=O)Nc3sc4c(c3C#N)CCN(C)C4)=NC(=O)C2C#N)c1. The van der Waals surface area contributed by atoms with E-state index in [0.29, 0.717) is 21.9 Å². The molecule has 0 bridgehead atoms. The highest BCUT2D eigenvalue weighted by molar-refractivity contribution is 8.14. The Labute approximate surface area is 204 Å². The molecule has 0 radical (unpaired) electrons. The predicted molar refractivity (Wildman–Crippen MR) is 131 cm³/mol. The fourth-order valence-electron chi connectivity index (χ4n) is 3.69. The van der Waals surface area contributed by atoms with E-state index in [0.717, 1.165) is 41.7 Å². The maximum atomic E-state index is 12.6. The Morgan fingerprint density at radius 2 is 2.21 bits per heavy atom. The molecule has 2 aliphatic rings. The Morgan fingerprint density at radius 1 is 1.38 bits per heavy atom. The van der Waals surface area contributed by atoms with Crippen molar-refractivity contribution in [3.05, 3.63) is 45.8 Å². The maximum absolute atomic E-state index is 12.6. The first-order valence-corrected chi connectivity index (χ1v) is 12.1. The molecule has 2 aliphatic heterocycles. The van der Waals surface area contributed by atoms with Crippen molar-refractivity contribution in [2.45, 2.75) is 13.0 Å². The third-order valence-corrected chi connectivity index (χ3v) is 7.36. The van der Waals surface area contributed by atoms with Crippen molar-refractivity contribution in [3.8, 4) is 17.9 Å². The number of fused-ring (bicyclic) bond motifs is 1. The van der Waals surface area contributed by atoms with Gasteiger partial charge in [0.05, 0.1) is 30.2 Å². The molecular weight excluding hydrogens is 472 g/mol. The van der Waals surface area contributed by atoms with Gasteiger partial charge in [0.25, 0.3) is 5.91 Å². The number of amidine groups is 1. The molecule has 172 valence electrons. The van der Waals surface area contributed by atoms with E-state index in [4.69, 9.17) is 4.74 Å². The number of methoxy groups -OCH3 is 1. The monoisotopic (exact) mass is 492 g/mol. The van der Waals surface area contributed by atoms with Crippen LogP contribution in [0.15, 0.2) is 34.3 Å². The van der Waals surface area contributed by atoms with Gasteiger partial charge in [-0.25, -0.2) is 4.99 Å².